The summed E-state index contributed by atoms with van der Waals surface area (Å²) in [6.07, 6.45) is 10.1. The van der Waals surface area contributed by atoms with Gasteiger partial charge in [-0.15, -0.1) is 5.10 Å². The quantitative estimate of drug-likeness (QED) is 0.551. The molecule has 4 aromatic heterocycles. The monoisotopic (exact) mass is 378 g/mol. The fourth-order valence-corrected chi connectivity index (χ4v) is 3.22. The number of methoxy groups -OCH3 is 1. The smallest absolute Gasteiger partial charge is 0.261 e. The van der Waals surface area contributed by atoms with E-state index in [1.165, 1.54) is 19.7 Å². The van der Waals surface area contributed by atoms with Crippen LogP contribution in [0.2, 0.25) is 0 Å². The highest BCUT2D eigenvalue weighted by atomic mass is 16.5. The number of carbonyl (C=O) groups is 1. The number of nitrogens with one attached hydrogen (secondary N) is 2. The third kappa shape index (κ3) is 2.70. The molecular weight excluding hydrogens is 360 g/mol. The minimum atomic E-state index is -0.323. The number of ether oxygens (including phenoxy) is 1. The predicted octanol–water partition coefficient (Wildman–Crippen LogP) is 2.30. The maximum atomic E-state index is 12.9. The van der Waals surface area contributed by atoms with E-state index in [0.717, 1.165) is 18.5 Å². The number of nitrogens with zero attached hydrogens (tertiary/aromatic N) is 6. The van der Waals surface area contributed by atoms with Crippen LogP contribution < -0.4 is 10.1 Å². The predicted molar refractivity (Wildman–Crippen MR) is 100 cm³/mol. The van der Waals surface area contributed by atoms with E-state index >= 15 is 0 Å². The lowest BCUT2D eigenvalue weighted by Crippen LogP contribution is -2.17. The largest absolute Gasteiger partial charge is 0.478 e. The van der Waals surface area contributed by atoms with Crippen molar-refractivity contribution in [2.75, 3.05) is 12.4 Å². The molecule has 4 heterocycles. The molecule has 1 saturated carbocycles. The molecule has 2 N–H and O–H groups in total. The summed E-state index contributed by atoms with van der Waals surface area (Å²) in [5, 5.41) is 18.3. The molecule has 0 aromatic carbocycles. The van der Waals surface area contributed by atoms with Crippen LogP contribution in [0.1, 0.15) is 35.7 Å². The zero-order valence-corrected chi connectivity index (χ0v) is 15.2. The molecule has 0 aliphatic heterocycles. The molecule has 10 heteroatoms. The Morgan fingerprint density at radius 3 is 2.96 bits per heavy atom. The number of hydrogen-bond donors (Lipinski definition) is 2. The van der Waals surface area contributed by atoms with Gasteiger partial charge < -0.3 is 10.1 Å². The van der Waals surface area contributed by atoms with Gasteiger partial charge in [0, 0.05) is 12.4 Å². The molecule has 0 atom stereocenters. The summed E-state index contributed by atoms with van der Waals surface area (Å²) in [6, 6.07) is 3.99. The Labute approximate surface area is 159 Å². The van der Waals surface area contributed by atoms with Crippen LogP contribution in [0.4, 0.5) is 5.69 Å². The van der Waals surface area contributed by atoms with E-state index in [-0.39, 0.29) is 5.91 Å². The molecule has 28 heavy (non-hydrogen) atoms. The number of hydrogen-bond acceptors (Lipinski definition) is 6. The molecule has 0 saturated heterocycles. The molecule has 4 aromatic rings. The Morgan fingerprint density at radius 2 is 2.25 bits per heavy atom. The molecule has 1 fully saturated rings. The van der Waals surface area contributed by atoms with Gasteiger partial charge >= 0.3 is 0 Å². The van der Waals surface area contributed by atoms with Gasteiger partial charge in [0.25, 0.3) is 11.8 Å². The normalized spacial score (nSPS) is 14.2. The van der Waals surface area contributed by atoms with E-state index in [9.17, 15) is 4.79 Å². The number of rotatable bonds is 5. The summed E-state index contributed by atoms with van der Waals surface area (Å²) in [4.78, 5) is 17.5. The van der Waals surface area contributed by atoms with Gasteiger partial charge in [0.05, 0.1) is 36.9 Å². The summed E-state index contributed by atoms with van der Waals surface area (Å²) in [5.41, 5.74) is 2.78. The Kier molecular flexibility index (Phi) is 3.81. The summed E-state index contributed by atoms with van der Waals surface area (Å²) in [6.45, 7) is 0. The lowest BCUT2D eigenvalue weighted by Gasteiger charge is -2.25. The van der Waals surface area contributed by atoms with Gasteiger partial charge in [-0.05, 0) is 31.4 Å². The average molecular weight is 378 g/mol. The van der Waals surface area contributed by atoms with Crippen molar-refractivity contribution in [2.45, 2.75) is 25.3 Å². The van der Waals surface area contributed by atoms with Crippen LogP contribution in [0.5, 0.6) is 5.88 Å². The molecular formula is C18H18N8O2. The molecule has 1 aliphatic carbocycles. The van der Waals surface area contributed by atoms with Crippen LogP contribution in [0, 0.1) is 0 Å². The average Bonchev–Trinajstić information content (AvgIpc) is 3.39. The van der Waals surface area contributed by atoms with Crippen LogP contribution in [-0.4, -0.2) is 47.6 Å². The van der Waals surface area contributed by atoms with Gasteiger partial charge in [-0.1, -0.05) is 0 Å². The summed E-state index contributed by atoms with van der Waals surface area (Å²) in [5.74, 6) is 0.0681. The Balaban J connectivity index is 1.46. The van der Waals surface area contributed by atoms with Crippen LogP contribution in [-0.2, 0) is 0 Å². The fourth-order valence-electron chi connectivity index (χ4n) is 3.22. The van der Waals surface area contributed by atoms with Gasteiger partial charge in [0.15, 0.2) is 5.65 Å². The second-order valence-electron chi connectivity index (χ2n) is 6.68. The third-order valence-electron chi connectivity index (χ3n) is 4.98. The number of aromatic nitrogens is 7. The number of carbonyl (C=O) groups excluding carboxylic acids is 1. The minimum absolute atomic E-state index is 0.323. The molecule has 10 nitrogen and oxygen atoms in total. The molecule has 1 amide bonds. The van der Waals surface area contributed by atoms with Gasteiger partial charge in [0.1, 0.15) is 11.3 Å². The van der Waals surface area contributed by atoms with Gasteiger partial charge in [-0.3, -0.25) is 14.6 Å². The summed E-state index contributed by atoms with van der Waals surface area (Å²) >= 11 is 0. The molecule has 0 unspecified atom stereocenters. The van der Waals surface area contributed by atoms with Crippen molar-refractivity contribution < 1.29 is 9.53 Å². The molecule has 1 aliphatic rings. The van der Waals surface area contributed by atoms with E-state index in [1.54, 1.807) is 23.0 Å². The van der Waals surface area contributed by atoms with Gasteiger partial charge in [-0.2, -0.15) is 10.2 Å². The third-order valence-corrected chi connectivity index (χ3v) is 4.98. The number of fused-ring (bicyclic) bond motifs is 1. The molecule has 0 radical (unpaired) electrons. The SMILES string of the molecule is COc1nn(C2CCC2)cc1NC(=O)c1cnn2ccc(-c3ccn[nH]3)nc12. The van der Waals surface area contributed by atoms with Crippen LogP contribution >= 0.6 is 0 Å². The van der Waals surface area contributed by atoms with E-state index in [0.29, 0.717) is 34.5 Å². The number of anilines is 1. The fraction of sp³-hybridized carbons (Fsp3) is 0.278. The highest BCUT2D eigenvalue weighted by Gasteiger charge is 2.24. The highest BCUT2D eigenvalue weighted by molar-refractivity contribution is 6.08. The summed E-state index contributed by atoms with van der Waals surface area (Å²) in [7, 11) is 1.54. The Bertz CT molecular complexity index is 1140. The Hall–Kier alpha value is -3.69. The first-order valence-corrected chi connectivity index (χ1v) is 9.01. The standard InChI is InChI=1S/C18H18N8O2/c1-28-18-15(10-26(24-18)11-3-2-4-11)22-17(27)12-9-20-25-8-6-13(21-16(12)25)14-5-7-19-23-14/h5-11H,2-4H2,1H3,(H,19,23)(H,22,27). The van der Waals surface area contributed by atoms with Crippen LogP contribution in [0.15, 0.2) is 36.9 Å². The minimum Gasteiger partial charge on any atom is -0.478 e. The summed E-state index contributed by atoms with van der Waals surface area (Å²) < 4.78 is 8.75. The second-order valence-corrected chi connectivity index (χ2v) is 6.68. The first-order chi connectivity index (χ1) is 13.7. The van der Waals surface area contributed by atoms with Crippen molar-refractivity contribution in [3.63, 3.8) is 0 Å². The van der Waals surface area contributed by atoms with Crippen molar-refractivity contribution in [1.82, 2.24) is 34.6 Å². The number of H-pyrrole nitrogens is 1. The zero-order valence-electron chi connectivity index (χ0n) is 15.2. The number of aromatic amines is 1. The molecule has 0 bridgehead atoms. The van der Waals surface area contributed by atoms with E-state index in [4.69, 9.17) is 4.74 Å². The van der Waals surface area contributed by atoms with E-state index in [1.807, 2.05) is 16.9 Å². The first-order valence-electron chi connectivity index (χ1n) is 9.01. The topological polar surface area (TPSA) is 115 Å². The maximum Gasteiger partial charge on any atom is 0.261 e. The van der Waals surface area contributed by atoms with Gasteiger partial charge in [0.2, 0.25) is 0 Å². The first kappa shape index (κ1) is 16.5. The molecule has 5 rings (SSSR count). The van der Waals surface area contributed by atoms with E-state index in [2.05, 4.69) is 30.7 Å². The molecule has 142 valence electrons. The van der Waals surface area contributed by atoms with Crippen molar-refractivity contribution >= 4 is 17.2 Å². The lowest BCUT2D eigenvalue weighted by molar-refractivity contribution is 0.102. The van der Waals surface area contributed by atoms with E-state index < -0.39 is 0 Å². The van der Waals surface area contributed by atoms with Gasteiger partial charge in [-0.25, -0.2) is 9.50 Å². The van der Waals surface area contributed by atoms with Crippen molar-refractivity contribution in [2.24, 2.45) is 0 Å². The lowest BCUT2D eigenvalue weighted by atomic mass is 9.93. The second kappa shape index (κ2) is 6.48. The van der Waals surface area contributed by atoms with Crippen molar-refractivity contribution in [3.05, 3.63) is 42.5 Å². The number of amides is 1. The Morgan fingerprint density at radius 1 is 1.36 bits per heavy atom. The maximum absolute atomic E-state index is 12.9. The molecule has 0 spiro atoms. The van der Waals surface area contributed by atoms with Crippen LogP contribution in [0.25, 0.3) is 17.0 Å². The van der Waals surface area contributed by atoms with Crippen molar-refractivity contribution in [1.29, 1.82) is 0 Å². The zero-order chi connectivity index (χ0) is 19.1. The van der Waals surface area contributed by atoms with Crippen molar-refractivity contribution in [3.8, 4) is 17.3 Å². The van der Waals surface area contributed by atoms with Crippen LogP contribution in [0.3, 0.4) is 0 Å². The highest BCUT2D eigenvalue weighted by Crippen LogP contribution is 2.34.